The molecule has 1 atom stereocenters. The molecule has 2 aromatic heterocycles. The van der Waals surface area contributed by atoms with Crippen molar-refractivity contribution in [3.63, 3.8) is 0 Å². The Labute approximate surface area is 274 Å². The number of nitrogens with one attached hydrogen (secondary N) is 1. The summed E-state index contributed by atoms with van der Waals surface area (Å²) in [6.07, 6.45) is 3.97. The molecule has 0 radical (unpaired) electrons. The van der Waals surface area contributed by atoms with Gasteiger partial charge in [-0.2, -0.15) is 0 Å². The smallest absolute Gasteiger partial charge is 0.271 e. The highest BCUT2D eigenvalue weighted by Crippen LogP contribution is 2.32. The van der Waals surface area contributed by atoms with Crippen LogP contribution in [-0.4, -0.2) is 22.2 Å². The van der Waals surface area contributed by atoms with Crippen LogP contribution < -0.4 is 24.9 Å². The first-order valence-electron chi connectivity index (χ1n) is 14.8. The second-order valence-corrected chi connectivity index (χ2v) is 12.4. The molecule has 1 amide bonds. The number of amides is 1. The maximum absolute atomic E-state index is 14.3. The summed E-state index contributed by atoms with van der Waals surface area (Å²) in [7, 11) is 1.60. The zero-order chi connectivity index (χ0) is 31.8. The molecule has 0 spiro atoms. The van der Waals surface area contributed by atoms with Crippen LogP contribution in [0.25, 0.3) is 17.0 Å². The summed E-state index contributed by atoms with van der Waals surface area (Å²) in [5.74, 6) is 0.366. The Morgan fingerprint density at radius 1 is 0.978 bits per heavy atom. The number of rotatable bonds is 7. The fourth-order valence-corrected chi connectivity index (χ4v) is 7.14. The minimum atomic E-state index is -0.686. The SMILES string of the molecule is COc1ccc([C@H]2C(C(=O)Nc3ccccc3)=C(C)N=c3s/c(=C/c4cn(Cc5ccccc5Cl)c5ccccc45)c(=O)n32)cc1. The first-order valence-corrected chi connectivity index (χ1v) is 15.9. The number of halogens is 1. The number of benzene rings is 4. The van der Waals surface area contributed by atoms with Gasteiger partial charge in [0.1, 0.15) is 5.75 Å². The van der Waals surface area contributed by atoms with Crippen LogP contribution in [0.5, 0.6) is 5.75 Å². The summed E-state index contributed by atoms with van der Waals surface area (Å²) in [6.45, 7) is 2.40. The Balaban J connectivity index is 1.36. The lowest BCUT2D eigenvalue weighted by Crippen LogP contribution is -2.40. The van der Waals surface area contributed by atoms with Crippen molar-refractivity contribution in [1.29, 1.82) is 0 Å². The van der Waals surface area contributed by atoms with Gasteiger partial charge in [0.25, 0.3) is 11.5 Å². The van der Waals surface area contributed by atoms with Crippen LogP contribution in [0.15, 0.2) is 130 Å². The Morgan fingerprint density at radius 2 is 1.70 bits per heavy atom. The van der Waals surface area contributed by atoms with Gasteiger partial charge < -0.3 is 14.6 Å². The van der Waals surface area contributed by atoms with Crippen molar-refractivity contribution in [3.8, 4) is 5.75 Å². The molecule has 0 fully saturated rings. The van der Waals surface area contributed by atoms with E-state index in [0.29, 0.717) is 43.6 Å². The van der Waals surface area contributed by atoms with Gasteiger partial charge >= 0.3 is 0 Å². The van der Waals surface area contributed by atoms with E-state index < -0.39 is 6.04 Å². The standard InChI is InChI=1S/C37H29ClN4O3S/c1-23-33(35(43)40-27-11-4-3-5-12-27)34(24-16-18-28(45-2)19-17-24)42-36(44)32(46-37(42)39-23)20-26-22-41(31-15-9-7-13-29(26)31)21-25-10-6-8-14-30(25)38/h3-20,22,34H,21H2,1-2H3,(H,40,43)/b32-20+/t34-/m0/s1. The summed E-state index contributed by atoms with van der Waals surface area (Å²) in [4.78, 5) is 33.5. The molecule has 0 saturated heterocycles. The van der Waals surface area contributed by atoms with E-state index in [1.54, 1.807) is 11.7 Å². The number of hydrogen-bond donors (Lipinski definition) is 1. The molecule has 3 heterocycles. The Bertz CT molecular complexity index is 2320. The highest BCUT2D eigenvalue weighted by atomic mass is 35.5. The van der Waals surface area contributed by atoms with E-state index in [0.717, 1.165) is 27.6 Å². The number of carbonyl (C=O) groups excluding carboxylic acids is 1. The molecule has 7 nitrogen and oxygen atoms in total. The molecule has 9 heteroatoms. The lowest BCUT2D eigenvalue weighted by atomic mass is 9.95. The van der Waals surface area contributed by atoms with Gasteiger partial charge in [0.05, 0.1) is 29.0 Å². The molecular weight excluding hydrogens is 616 g/mol. The molecule has 4 aromatic carbocycles. The maximum atomic E-state index is 14.3. The molecular formula is C37H29ClN4O3S. The third-order valence-corrected chi connectivity index (χ3v) is 9.49. The quantitative estimate of drug-likeness (QED) is 0.214. The molecule has 1 aliphatic heterocycles. The highest BCUT2D eigenvalue weighted by molar-refractivity contribution is 7.07. The van der Waals surface area contributed by atoms with Gasteiger partial charge in [0.2, 0.25) is 0 Å². The third kappa shape index (κ3) is 5.46. The van der Waals surface area contributed by atoms with Crippen LogP contribution >= 0.6 is 22.9 Å². The number of nitrogens with zero attached hydrogens (tertiary/aromatic N) is 3. The molecule has 0 bridgehead atoms. The number of methoxy groups -OCH3 is 1. The van der Waals surface area contributed by atoms with Gasteiger partial charge in [-0.1, -0.05) is 89.7 Å². The number of anilines is 1. The van der Waals surface area contributed by atoms with Gasteiger partial charge in [0.15, 0.2) is 4.80 Å². The van der Waals surface area contributed by atoms with Gasteiger partial charge in [-0.3, -0.25) is 14.2 Å². The molecule has 6 aromatic rings. The average molecular weight is 645 g/mol. The number of hydrogen-bond acceptors (Lipinski definition) is 5. The van der Waals surface area contributed by atoms with E-state index in [1.165, 1.54) is 11.3 Å². The minimum absolute atomic E-state index is 0.218. The number of fused-ring (bicyclic) bond motifs is 2. The fourth-order valence-electron chi connectivity index (χ4n) is 5.91. The molecule has 0 unspecified atom stereocenters. The number of allylic oxidation sites excluding steroid dienone is 1. The predicted molar refractivity (Wildman–Crippen MR) is 184 cm³/mol. The number of aromatic nitrogens is 2. The number of ether oxygens (including phenoxy) is 1. The second-order valence-electron chi connectivity index (χ2n) is 11.0. The van der Waals surface area contributed by atoms with Crippen molar-refractivity contribution in [1.82, 2.24) is 9.13 Å². The monoisotopic (exact) mass is 644 g/mol. The zero-order valence-electron chi connectivity index (χ0n) is 25.1. The lowest BCUT2D eigenvalue weighted by Gasteiger charge is -2.25. The van der Waals surface area contributed by atoms with E-state index in [9.17, 15) is 9.59 Å². The molecule has 1 aliphatic rings. The number of thiazole rings is 1. The van der Waals surface area contributed by atoms with E-state index in [4.69, 9.17) is 21.3 Å². The zero-order valence-corrected chi connectivity index (χ0v) is 26.7. The van der Waals surface area contributed by atoms with Gasteiger partial charge in [-0.25, -0.2) is 4.99 Å². The summed E-state index contributed by atoms with van der Waals surface area (Å²) < 4.78 is 9.69. The van der Waals surface area contributed by atoms with Crippen molar-refractivity contribution in [2.45, 2.75) is 19.5 Å². The van der Waals surface area contributed by atoms with E-state index in [2.05, 4.69) is 28.2 Å². The summed E-state index contributed by atoms with van der Waals surface area (Å²) in [6, 6.07) is 31.9. The Hall–Kier alpha value is -5.18. The molecule has 46 heavy (non-hydrogen) atoms. The summed E-state index contributed by atoms with van der Waals surface area (Å²) >= 11 is 7.82. The number of para-hydroxylation sites is 2. The van der Waals surface area contributed by atoms with Crippen LogP contribution in [-0.2, 0) is 11.3 Å². The predicted octanol–water partition coefficient (Wildman–Crippen LogP) is 6.54. The van der Waals surface area contributed by atoms with Crippen LogP contribution in [0.2, 0.25) is 5.02 Å². The van der Waals surface area contributed by atoms with Crippen LogP contribution in [0.4, 0.5) is 5.69 Å². The first-order chi connectivity index (χ1) is 22.4. The van der Waals surface area contributed by atoms with Crippen molar-refractivity contribution >= 4 is 51.5 Å². The van der Waals surface area contributed by atoms with Crippen molar-refractivity contribution in [2.24, 2.45) is 4.99 Å². The lowest BCUT2D eigenvalue weighted by molar-refractivity contribution is -0.113. The highest BCUT2D eigenvalue weighted by Gasteiger charge is 2.32. The molecule has 228 valence electrons. The normalized spacial score (nSPS) is 14.7. The Kier molecular flexibility index (Phi) is 7.90. The van der Waals surface area contributed by atoms with Crippen molar-refractivity contribution in [3.05, 3.63) is 162 Å². The first kappa shape index (κ1) is 29.5. The topological polar surface area (TPSA) is 77.6 Å². The van der Waals surface area contributed by atoms with E-state index in [-0.39, 0.29) is 11.5 Å². The third-order valence-electron chi connectivity index (χ3n) is 8.13. The molecule has 0 aliphatic carbocycles. The average Bonchev–Trinajstić information content (AvgIpc) is 3.57. The van der Waals surface area contributed by atoms with Gasteiger partial charge in [0, 0.05) is 39.9 Å². The van der Waals surface area contributed by atoms with E-state index in [1.807, 2.05) is 104 Å². The van der Waals surface area contributed by atoms with Crippen LogP contribution in [0.1, 0.15) is 29.7 Å². The summed E-state index contributed by atoms with van der Waals surface area (Å²) in [5, 5.41) is 4.72. The van der Waals surface area contributed by atoms with Crippen molar-refractivity contribution in [2.75, 3.05) is 12.4 Å². The fraction of sp³-hybridized carbons (Fsp3) is 0.108. The number of carbonyl (C=O) groups is 1. The minimum Gasteiger partial charge on any atom is -0.497 e. The van der Waals surface area contributed by atoms with Crippen LogP contribution in [0.3, 0.4) is 0 Å². The Morgan fingerprint density at radius 3 is 2.46 bits per heavy atom. The molecule has 1 N–H and O–H groups in total. The molecule has 0 saturated carbocycles. The second kappa shape index (κ2) is 12.3. The van der Waals surface area contributed by atoms with Crippen LogP contribution in [0, 0.1) is 0 Å². The van der Waals surface area contributed by atoms with Gasteiger partial charge in [-0.05, 0) is 60.5 Å². The van der Waals surface area contributed by atoms with Gasteiger partial charge in [-0.15, -0.1) is 0 Å². The van der Waals surface area contributed by atoms with E-state index >= 15 is 0 Å². The summed E-state index contributed by atoms with van der Waals surface area (Å²) in [5.41, 5.74) is 5.13. The molecule has 7 rings (SSSR count). The van der Waals surface area contributed by atoms with Crippen molar-refractivity contribution < 1.29 is 9.53 Å². The maximum Gasteiger partial charge on any atom is 0.271 e. The largest absolute Gasteiger partial charge is 0.497 e.